The third kappa shape index (κ3) is 2.38. The minimum Gasteiger partial charge on any atom is -0.291 e. The molecule has 1 aromatic heterocycles. The fourth-order valence-electron chi connectivity index (χ4n) is 3.95. The number of amidine groups is 1. The molecule has 0 spiro atoms. The highest BCUT2D eigenvalue weighted by molar-refractivity contribution is 7.13. The molecule has 0 unspecified atom stereocenters. The van der Waals surface area contributed by atoms with Crippen molar-refractivity contribution in [2.45, 2.75) is 53.9 Å². The SMILES string of the molecule is CC.Cc1ccc2c3c1-c1c(C)sc(C)c1N(C=N)C3=NCC2(C)C. The molecule has 4 heteroatoms. The molecule has 3 heterocycles. The van der Waals surface area contributed by atoms with Crippen LogP contribution in [0.4, 0.5) is 5.69 Å². The third-order valence-corrected chi connectivity index (χ3v) is 6.08. The van der Waals surface area contributed by atoms with Gasteiger partial charge in [0.05, 0.1) is 18.6 Å². The quantitative estimate of drug-likeness (QED) is 0.508. The van der Waals surface area contributed by atoms with E-state index in [4.69, 9.17) is 10.4 Å². The molecule has 0 fully saturated rings. The highest BCUT2D eigenvalue weighted by atomic mass is 32.1. The normalized spacial score (nSPS) is 16.3. The predicted molar refractivity (Wildman–Crippen MR) is 111 cm³/mol. The van der Waals surface area contributed by atoms with E-state index in [9.17, 15) is 0 Å². The van der Waals surface area contributed by atoms with Gasteiger partial charge in [-0.05, 0) is 37.5 Å². The lowest BCUT2D eigenvalue weighted by molar-refractivity contribution is 0.531. The molecular formula is C21H27N3S. The van der Waals surface area contributed by atoms with Crippen LogP contribution in [-0.2, 0) is 5.41 Å². The van der Waals surface area contributed by atoms with E-state index in [-0.39, 0.29) is 5.41 Å². The molecule has 2 aromatic rings. The second-order valence-corrected chi connectivity index (χ2v) is 8.57. The van der Waals surface area contributed by atoms with Gasteiger partial charge in [-0.25, -0.2) is 0 Å². The van der Waals surface area contributed by atoms with Gasteiger partial charge in [0.25, 0.3) is 0 Å². The summed E-state index contributed by atoms with van der Waals surface area (Å²) in [6.45, 7) is 15.8. The number of hydrogen-bond donors (Lipinski definition) is 1. The lowest BCUT2D eigenvalue weighted by Gasteiger charge is -2.39. The molecule has 1 N–H and O–H groups in total. The summed E-state index contributed by atoms with van der Waals surface area (Å²) in [6, 6.07) is 4.50. The van der Waals surface area contributed by atoms with Crippen molar-refractivity contribution in [2.75, 3.05) is 11.4 Å². The van der Waals surface area contributed by atoms with Crippen molar-refractivity contribution in [1.29, 1.82) is 5.41 Å². The largest absolute Gasteiger partial charge is 0.291 e. The Balaban J connectivity index is 0.000000880. The van der Waals surface area contributed by atoms with Gasteiger partial charge in [0.1, 0.15) is 5.84 Å². The number of benzene rings is 1. The molecule has 0 atom stereocenters. The summed E-state index contributed by atoms with van der Waals surface area (Å²) < 4.78 is 0. The first-order chi connectivity index (χ1) is 11.9. The van der Waals surface area contributed by atoms with Crippen LogP contribution in [0.15, 0.2) is 17.1 Å². The summed E-state index contributed by atoms with van der Waals surface area (Å²) in [6.07, 6.45) is 1.42. The number of hydrogen-bond acceptors (Lipinski definition) is 3. The summed E-state index contributed by atoms with van der Waals surface area (Å²) in [7, 11) is 0. The number of aliphatic imine (C=N–C) groups is 1. The maximum Gasteiger partial charge on any atom is 0.141 e. The highest BCUT2D eigenvalue weighted by Crippen LogP contribution is 2.51. The average molecular weight is 354 g/mol. The van der Waals surface area contributed by atoms with Crippen molar-refractivity contribution in [3.05, 3.63) is 38.6 Å². The fraction of sp³-hybridized carbons (Fsp3) is 0.429. The number of nitrogens with zero attached hydrogens (tertiary/aromatic N) is 2. The van der Waals surface area contributed by atoms with Gasteiger partial charge in [-0.2, -0.15) is 0 Å². The Kier molecular flexibility index (Phi) is 4.36. The van der Waals surface area contributed by atoms with Gasteiger partial charge in [0.2, 0.25) is 0 Å². The van der Waals surface area contributed by atoms with E-state index in [1.54, 1.807) is 0 Å². The van der Waals surface area contributed by atoms with E-state index < -0.39 is 0 Å². The van der Waals surface area contributed by atoms with Crippen molar-refractivity contribution in [1.82, 2.24) is 0 Å². The summed E-state index contributed by atoms with van der Waals surface area (Å²) in [4.78, 5) is 9.45. The summed E-state index contributed by atoms with van der Waals surface area (Å²) in [5, 5.41) is 7.98. The van der Waals surface area contributed by atoms with E-state index >= 15 is 0 Å². The van der Waals surface area contributed by atoms with Crippen LogP contribution in [0.3, 0.4) is 0 Å². The molecular weight excluding hydrogens is 326 g/mol. The number of nitrogens with one attached hydrogen (secondary N) is 1. The molecule has 2 aliphatic heterocycles. The zero-order chi connectivity index (χ0) is 18.5. The molecule has 0 amide bonds. The van der Waals surface area contributed by atoms with E-state index in [2.05, 4.69) is 46.8 Å². The topological polar surface area (TPSA) is 39.5 Å². The second kappa shape index (κ2) is 6.10. The summed E-state index contributed by atoms with van der Waals surface area (Å²) >= 11 is 1.82. The van der Waals surface area contributed by atoms with Crippen LogP contribution >= 0.6 is 11.3 Å². The maximum atomic E-state index is 7.98. The number of fused-ring (bicyclic) bond motifs is 2. The van der Waals surface area contributed by atoms with Crippen LogP contribution in [0.2, 0.25) is 0 Å². The molecule has 3 nitrogen and oxygen atoms in total. The first-order valence-corrected chi connectivity index (χ1v) is 9.77. The van der Waals surface area contributed by atoms with Crippen LogP contribution < -0.4 is 4.90 Å². The molecule has 4 rings (SSSR count). The molecule has 132 valence electrons. The monoisotopic (exact) mass is 353 g/mol. The zero-order valence-corrected chi connectivity index (χ0v) is 17.1. The molecule has 2 aliphatic rings. The standard InChI is InChI=1S/C19H21N3S.C2H6/c1-10-6-7-13-16-14(10)15-11(2)23-12(3)17(15)22(9-20)18(16)21-8-19(13,4)5;1-2/h6-7,9,20H,8H2,1-5H3;1-2H3. The number of thiophene rings is 1. The summed E-state index contributed by atoms with van der Waals surface area (Å²) in [5.41, 5.74) is 7.67. The molecule has 25 heavy (non-hydrogen) atoms. The smallest absolute Gasteiger partial charge is 0.141 e. The van der Waals surface area contributed by atoms with Gasteiger partial charge in [0.15, 0.2) is 0 Å². The number of anilines is 1. The molecule has 0 saturated carbocycles. The Bertz CT molecular complexity index is 887. The van der Waals surface area contributed by atoms with Crippen LogP contribution in [0.25, 0.3) is 11.1 Å². The van der Waals surface area contributed by atoms with Gasteiger partial charge in [-0.3, -0.25) is 15.3 Å². The molecule has 0 radical (unpaired) electrons. The second-order valence-electron chi connectivity index (χ2n) is 7.14. The van der Waals surface area contributed by atoms with Gasteiger partial charge in [-0.1, -0.05) is 39.8 Å². The Labute approximate surface area is 154 Å². The van der Waals surface area contributed by atoms with Crippen molar-refractivity contribution < 1.29 is 0 Å². The Hall–Kier alpha value is -1.94. The summed E-state index contributed by atoms with van der Waals surface area (Å²) in [5.74, 6) is 0.946. The first-order valence-electron chi connectivity index (χ1n) is 8.96. The molecule has 1 aromatic carbocycles. The number of aryl methyl sites for hydroxylation is 3. The minimum absolute atomic E-state index is 0.0332. The van der Waals surface area contributed by atoms with Crippen molar-refractivity contribution >= 4 is 29.2 Å². The Morgan fingerprint density at radius 3 is 2.40 bits per heavy atom. The third-order valence-electron chi connectivity index (χ3n) is 5.07. The van der Waals surface area contributed by atoms with Crippen molar-refractivity contribution in [3.8, 4) is 11.1 Å². The van der Waals surface area contributed by atoms with E-state index in [1.165, 1.54) is 43.9 Å². The minimum atomic E-state index is 0.0332. The van der Waals surface area contributed by atoms with E-state index in [0.29, 0.717) is 0 Å². The lowest BCUT2D eigenvalue weighted by atomic mass is 9.74. The van der Waals surface area contributed by atoms with Gasteiger partial charge in [-0.15, -0.1) is 11.3 Å². The fourth-order valence-corrected chi connectivity index (χ4v) is 5.00. The first kappa shape index (κ1) is 17.9. The van der Waals surface area contributed by atoms with Gasteiger partial charge in [0, 0.05) is 26.3 Å². The maximum absolute atomic E-state index is 7.98. The van der Waals surface area contributed by atoms with Crippen LogP contribution in [0.1, 0.15) is 54.1 Å². The Morgan fingerprint density at radius 1 is 1.08 bits per heavy atom. The van der Waals surface area contributed by atoms with E-state index in [0.717, 1.165) is 18.1 Å². The van der Waals surface area contributed by atoms with E-state index in [1.807, 2.05) is 30.1 Å². The van der Waals surface area contributed by atoms with Crippen LogP contribution in [-0.4, -0.2) is 18.7 Å². The number of rotatable bonds is 1. The Morgan fingerprint density at radius 2 is 1.76 bits per heavy atom. The van der Waals surface area contributed by atoms with Crippen molar-refractivity contribution in [3.63, 3.8) is 0 Å². The molecule has 0 saturated heterocycles. The van der Waals surface area contributed by atoms with Gasteiger partial charge >= 0.3 is 0 Å². The highest BCUT2D eigenvalue weighted by Gasteiger charge is 2.39. The zero-order valence-electron chi connectivity index (χ0n) is 16.2. The average Bonchev–Trinajstić information content (AvgIpc) is 2.88. The predicted octanol–water partition coefficient (Wildman–Crippen LogP) is 5.83. The van der Waals surface area contributed by atoms with Crippen LogP contribution in [0, 0.1) is 26.2 Å². The van der Waals surface area contributed by atoms with Crippen LogP contribution in [0.5, 0.6) is 0 Å². The molecule has 0 aliphatic carbocycles. The lowest BCUT2D eigenvalue weighted by Crippen LogP contribution is -2.41. The van der Waals surface area contributed by atoms with Crippen molar-refractivity contribution in [2.24, 2.45) is 4.99 Å². The molecule has 0 bridgehead atoms. The van der Waals surface area contributed by atoms with Gasteiger partial charge < -0.3 is 0 Å².